The van der Waals surface area contributed by atoms with Crippen LogP contribution in [0.15, 0.2) is 42.0 Å². The SMILES string of the molecule is Cc1cc([C@H]2C3=CC[C@@H]4C(=O)N(c5cc(C(F)(F)F)cc(C(F)(F)F)c5)C(=O)[C@@H]4[C@@H]3C[C@@]3(Cl)C(=O)N(CBr)C(=O)[C@@]23Cl)cc(C)c1O. The minimum atomic E-state index is -5.23. The van der Waals surface area contributed by atoms with Gasteiger partial charge in [-0.3, -0.25) is 24.1 Å². The van der Waals surface area contributed by atoms with E-state index in [0.29, 0.717) is 39.3 Å². The predicted octanol–water partition coefficient (Wildman–Crippen LogP) is 6.96. The van der Waals surface area contributed by atoms with Crippen LogP contribution in [0.25, 0.3) is 0 Å². The van der Waals surface area contributed by atoms with Crippen LogP contribution >= 0.6 is 39.1 Å². The summed E-state index contributed by atoms with van der Waals surface area (Å²) >= 11 is 17.4. The Morgan fingerprint density at radius 1 is 0.872 bits per heavy atom. The first-order valence-corrected chi connectivity index (χ1v) is 16.0. The van der Waals surface area contributed by atoms with E-state index in [2.05, 4.69) is 15.9 Å². The number of aryl methyl sites for hydroxylation is 2. The summed E-state index contributed by atoms with van der Waals surface area (Å²) in [6, 6.07) is 3.61. The van der Waals surface area contributed by atoms with Crippen LogP contribution in [0.4, 0.5) is 32.0 Å². The molecule has 6 rings (SSSR count). The largest absolute Gasteiger partial charge is 0.507 e. The van der Waals surface area contributed by atoms with Gasteiger partial charge in [-0.05, 0) is 67.5 Å². The third kappa shape index (κ3) is 4.67. The molecule has 6 atom stereocenters. The normalized spacial score (nSPS) is 30.8. The number of alkyl halides is 9. The van der Waals surface area contributed by atoms with Crippen molar-refractivity contribution in [1.82, 2.24) is 4.90 Å². The van der Waals surface area contributed by atoms with Gasteiger partial charge >= 0.3 is 12.4 Å². The number of anilines is 1. The first-order chi connectivity index (χ1) is 21.7. The van der Waals surface area contributed by atoms with Gasteiger partial charge in [-0.15, -0.1) is 23.2 Å². The van der Waals surface area contributed by atoms with Gasteiger partial charge in [-0.2, -0.15) is 26.3 Å². The molecule has 2 aromatic carbocycles. The average Bonchev–Trinajstić information content (AvgIpc) is 3.32. The minimum Gasteiger partial charge on any atom is -0.507 e. The van der Waals surface area contributed by atoms with Crippen LogP contribution in [-0.4, -0.2) is 48.8 Å². The highest BCUT2D eigenvalue weighted by Crippen LogP contribution is 2.66. The topological polar surface area (TPSA) is 95.0 Å². The zero-order chi connectivity index (χ0) is 34.8. The van der Waals surface area contributed by atoms with Crippen molar-refractivity contribution >= 4 is 68.4 Å². The quantitative estimate of drug-likeness (QED) is 0.120. The second kappa shape index (κ2) is 10.7. The Bertz CT molecular complexity index is 1760. The van der Waals surface area contributed by atoms with E-state index < -0.39 is 92.6 Å². The van der Waals surface area contributed by atoms with Gasteiger partial charge in [0, 0.05) is 5.92 Å². The zero-order valence-corrected chi connectivity index (χ0v) is 27.4. The van der Waals surface area contributed by atoms with E-state index in [9.17, 15) is 50.6 Å². The van der Waals surface area contributed by atoms with Crippen molar-refractivity contribution in [1.29, 1.82) is 0 Å². The van der Waals surface area contributed by atoms with Gasteiger partial charge in [-0.1, -0.05) is 39.7 Å². The molecule has 2 aromatic rings. The summed E-state index contributed by atoms with van der Waals surface area (Å²) in [6.07, 6.45) is -9.49. The van der Waals surface area contributed by atoms with E-state index >= 15 is 0 Å². The van der Waals surface area contributed by atoms with Crippen molar-refractivity contribution in [3.8, 4) is 5.75 Å². The monoisotopic (exact) mass is 766 g/mol. The van der Waals surface area contributed by atoms with E-state index in [4.69, 9.17) is 23.2 Å². The van der Waals surface area contributed by atoms with E-state index in [1.54, 1.807) is 32.1 Å². The van der Waals surface area contributed by atoms with Crippen molar-refractivity contribution in [2.24, 2.45) is 17.8 Å². The number of allylic oxidation sites excluding steroid dienone is 2. The van der Waals surface area contributed by atoms with Crippen molar-refractivity contribution in [3.63, 3.8) is 0 Å². The van der Waals surface area contributed by atoms with Crippen LogP contribution in [0, 0.1) is 31.6 Å². The highest BCUT2D eigenvalue weighted by molar-refractivity contribution is 9.09. The molecule has 2 heterocycles. The van der Waals surface area contributed by atoms with Crippen LogP contribution in [-0.2, 0) is 31.5 Å². The fraction of sp³-hybridized carbons (Fsp3) is 0.419. The molecule has 3 fully saturated rings. The summed E-state index contributed by atoms with van der Waals surface area (Å²) in [4.78, 5) is 52.3. The lowest BCUT2D eigenvalue weighted by Crippen LogP contribution is -2.60. The molecular weight excluding hydrogens is 745 g/mol. The molecule has 1 saturated carbocycles. The van der Waals surface area contributed by atoms with Gasteiger partial charge in [0.1, 0.15) is 5.75 Å². The minimum absolute atomic E-state index is 0.0398. The van der Waals surface area contributed by atoms with Gasteiger partial charge in [0.05, 0.1) is 34.1 Å². The number of rotatable bonds is 3. The number of phenols is 1. The number of halogens is 9. The molecule has 0 aromatic heterocycles. The molecule has 0 spiro atoms. The Kier molecular flexibility index (Phi) is 7.69. The number of aromatic hydroxyl groups is 1. The first kappa shape index (κ1) is 33.8. The molecule has 7 nitrogen and oxygen atoms in total. The Morgan fingerprint density at radius 3 is 1.94 bits per heavy atom. The van der Waals surface area contributed by atoms with Crippen molar-refractivity contribution in [2.75, 3.05) is 10.4 Å². The van der Waals surface area contributed by atoms with Gasteiger partial charge < -0.3 is 5.11 Å². The van der Waals surface area contributed by atoms with E-state index in [1.807, 2.05) is 0 Å². The molecule has 2 saturated heterocycles. The van der Waals surface area contributed by atoms with Crippen molar-refractivity contribution in [2.45, 2.75) is 54.7 Å². The van der Waals surface area contributed by atoms with Gasteiger partial charge in [-0.25, -0.2) is 4.90 Å². The molecular formula is C31H23BrCl2F6N2O5. The van der Waals surface area contributed by atoms with Crippen LogP contribution in [0.3, 0.4) is 0 Å². The fourth-order valence-electron chi connectivity index (χ4n) is 7.60. The number of amides is 4. The number of hydrogen-bond donors (Lipinski definition) is 1. The summed E-state index contributed by atoms with van der Waals surface area (Å²) < 4.78 is 82.1. The van der Waals surface area contributed by atoms with Crippen LogP contribution in [0.1, 0.15) is 46.6 Å². The maximum Gasteiger partial charge on any atom is 0.416 e. The van der Waals surface area contributed by atoms with E-state index in [1.165, 1.54) is 0 Å². The number of carbonyl (C=O) groups is 4. The number of nitrogens with zero attached hydrogens (tertiary/aromatic N) is 2. The number of imide groups is 2. The Hall–Kier alpha value is -3.10. The van der Waals surface area contributed by atoms with Gasteiger partial charge in [0.25, 0.3) is 11.8 Å². The lowest BCUT2D eigenvalue weighted by Gasteiger charge is -2.51. The molecule has 4 aliphatic rings. The maximum atomic E-state index is 14.1. The molecule has 0 radical (unpaired) electrons. The van der Waals surface area contributed by atoms with Crippen LogP contribution < -0.4 is 4.90 Å². The third-order valence-electron chi connectivity index (χ3n) is 9.69. The standard InChI is InChI=1S/C31H23BrCl2F6N2O5/c1-12-5-14(6-13(2)23(12)43)22-18-3-4-19-21(20(18)10-28(33)26(46)41(11-32)27(47)29(22,28)34)25(45)42(24(19)44)17-8-15(30(35,36)37)7-16(9-17)31(38,39)40/h3,5-9,19-22,43H,4,10-11H2,1-2H3/t19-,20+,21-,22-,28+,29-/m0/s1. The lowest BCUT2D eigenvalue weighted by molar-refractivity contribution is -0.143. The second-order valence-electron chi connectivity index (χ2n) is 12.3. The second-order valence-corrected chi connectivity index (χ2v) is 14.0. The number of likely N-dealkylation sites (tertiary alicyclic amines) is 1. The molecule has 250 valence electrons. The lowest BCUT2D eigenvalue weighted by atomic mass is 9.56. The number of benzene rings is 2. The molecule has 16 heteroatoms. The summed E-state index contributed by atoms with van der Waals surface area (Å²) in [6.45, 7) is 3.19. The summed E-state index contributed by atoms with van der Waals surface area (Å²) in [5, 5.41) is 10.5. The molecule has 2 aliphatic heterocycles. The van der Waals surface area contributed by atoms with Gasteiger partial charge in [0.15, 0.2) is 9.75 Å². The van der Waals surface area contributed by atoms with Crippen LogP contribution in [0.2, 0.25) is 0 Å². The Balaban J connectivity index is 1.52. The van der Waals surface area contributed by atoms with E-state index in [-0.39, 0.29) is 23.7 Å². The van der Waals surface area contributed by atoms with Crippen LogP contribution in [0.5, 0.6) is 5.75 Å². The maximum absolute atomic E-state index is 14.1. The Morgan fingerprint density at radius 2 is 1.43 bits per heavy atom. The highest BCUT2D eigenvalue weighted by Gasteiger charge is 2.76. The average molecular weight is 768 g/mol. The van der Waals surface area contributed by atoms with E-state index in [0.717, 1.165) is 4.90 Å². The first-order valence-electron chi connectivity index (χ1n) is 14.2. The predicted molar refractivity (Wildman–Crippen MR) is 160 cm³/mol. The van der Waals surface area contributed by atoms with Gasteiger partial charge in [0.2, 0.25) is 11.8 Å². The molecule has 4 amide bonds. The summed E-state index contributed by atoms with van der Waals surface area (Å²) in [5.41, 5.74) is -3.06. The number of hydrogen-bond acceptors (Lipinski definition) is 5. The Labute approximate surface area is 281 Å². The third-order valence-corrected chi connectivity index (χ3v) is 11.6. The number of phenolic OH excluding ortho intramolecular Hbond substituents is 1. The summed E-state index contributed by atoms with van der Waals surface area (Å²) in [5.74, 6) is -8.66. The molecule has 0 bridgehead atoms. The van der Waals surface area contributed by atoms with Crippen molar-refractivity contribution < 1.29 is 50.6 Å². The number of fused-ring (bicyclic) bond motifs is 4. The number of carbonyl (C=O) groups excluding carboxylic acids is 4. The molecule has 2 aliphatic carbocycles. The molecule has 0 unspecified atom stereocenters. The highest BCUT2D eigenvalue weighted by atomic mass is 79.9. The molecule has 47 heavy (non-hydrogen) atoms. The van der Waals surface area contributed by atoms with Crippen molar-refractivity contribution in [3.05, 3.63) is 69.8 Å². The molecule has 1 N–H and O–H groups in total. The smallest absolute Gasteiger partial charge is 0.416 e. The summed E-state index contributed by atoms with van der Waals surface area (Å²) in [7, 11) is 0. The zero-order valence-electron chi connectivity index (χ0n) is 24.3. The fourth-order valence-corrected chi connectivity index (χ4v) is 9.03.